The molecule has 0 fully saturated rings. The average molecular weight is 435 g/mol. The van der Waals surface area contributed by atoms with E-state index in [1.807, 2.05) is 0 Å². The maximum atomic E-state index is 13.8. The van der Waals surface area contributed by atoms with Gasteiger partial charge in [0.25, 0.3) is 5.91 Å². The number of benzene rings is 3. The number of hydrogen-bond donors (Lipinski definition) is 3. The van der Waals surface area contributed by atoms with E-state index in [1.54, 1.807) is 6.07 Å². The molecule has 0 bridgehead atoms. The molecule has 0 aliphatic heterocycles. The van der Waals surface area contributed by atoms with Crippen molar-refractivity contribution in [1.82, 2.24) is 15.3 Å². The Balaban J connectivity index is 1.95. The van der Waals surface area contributed by atoms with Crippen LogP contribution in [0.5, 0.6) is 5.75 Å². The van der Waals surface area contributed by atoms with Crippen molar-refractivity contribution in [2.75, 3.05) is 6.54 Å². The summed E-state index contributed by atoms with van der Waals surface area (Å²) in [7, 11) is 0. The van der Waals surface area contributed by atoms with Crippen molar-refractivity contribution in [2.45, 2.75) is 0 Å². The van der Waals surface area contributed by atoms with E-state index in [4.69, 9.17) is 5.11 Å². The van der Waals surface area contributed by atoms with Crippen LogP contribution in [-0.4, -0.2) is 38.6 Å². The second-order valence-electron chi connectivity index (χ2n) is 6.87. The zero-order valence-corrected chi connectivity index (χ0v) is 16.3. The molecule has 7 nitrogen and oxygen atoms in total. The summed E-state index contributed by atoms with van der Waals surface area (Å²) in [6, 6.07) is 12.4. The Labute approximate surface area is 180 Å². The minimum absolute atomic E-state index is 0.0210. The number of aliphatic carboxylic acids is 1. The number of carboxylic acids is 1. The van der Waals surface area contributed by atoms with Gasteiger partial charge in [0.1, 0.15) is 35.0 Å². The van der Waals surface area contributed by atoms with Gasteiger partial charge in [-0.15, -0.1) is 0 Å². The number of nitrogens with zero attached hydrogens (tertiary/aromatic N) is 2. The lowest BCUT2D eigenvalue weighted by atomic mass is 9.98. The predicted octanol–water partition coefficient (Wildman–Crippen LogP) is 3.76. The van der Waals surface area contributed by atoms with Gasteiger partial charge in [0.15, 0.2) is 0 Å². The van der Waals surface area contributed by atoms with Crippen LogP contribution in [0.3, 0.4) is 0 Å². The smallest absolute Gasteiger partial charge is 0.322 e. The lowest BCUT2D eigenvalue weighted by Crippen LogP contribution is -2.29. The van der Waals surface area contributed by atoms with Gasteiger partial charge in [-0.3, -0.25) is 14.6 Å². The molecular formula is C23H15F2N3O4. The number of phenols is 1. The average Bonchev–Trinajstić information content (AvgIpc) is 2.76. The summed E-state index contributed by atoms with van der Waals surface area (Å²) in [4.78, 5) is 32.4. The number of phenolic OH excluding ortho intramolecular Hbond substituents is 1. The summed E-state index contributed by atoms with van der Waals surface area (Å²) in [5.41, 5.74) is 0.883. The molecule has 1 heterocycles. The number of aromatic hydroxyl groups is 1. The van der Waals surface area contributed by atoms with Crippen LogP contribution in [-0.2, 0) is 4.79 Å². The standard InChI is InChI=1S/C23H15F2N3O4/c24-14-5-1-3-12(7-14)16-9-17-21(20(22(16)31)23(32)27-11-19(29)30)28-18(10-26-17)13-4-2-6-15(25)8-13/h1-10,31H,11H2,(H,27,32)(H,29,30). The second-order valence-corrected chi connectivity index (χ2v) is 6.87. The molecule has 160 valence electrons. The highest BCUT2D eigenvalue weighted by Gasteiger charge is 2.23. The van der Waals surface area contributed by atoms with E-state index in [0.717, 1.165) is 0 Å². The van der Waals surface area contributed by atoms with Crippen LogP contribution in [0.25, 0.3) is 33.4 Å². The summed E-state index contributed by atoms with van der Waals surface area (Å²) in [5.74, 6) is -3.75. The largest absolute Gasteiger partial charge is 0.506 e. The van der Waals surface area contributed by atoms with Crippen LogP contribution in [0.15, 0.2) is 60.8 Å². The number of carboxylic acid groups (broad SMARTS) is 1. The molecule has 32 heavy (non-hydrogen) atoms. The number of hydrogen-bond acceptors (Lipinski definition) is 5. The third kappa shape index (κ3) is 4.08. The molecule has 1 aromatic heterocycles. The van der Waals surface area contributed by atoms with Gasteiger partial charge in [-0.2, -0.15) is 0 Å². The maximum Gasteiger partial charge on any atom is 0.322 e. The lowest BCUT2D eigenvalue weighted by Gasteiger charge is -2.14. The molecule has 4 aromatic rings. The Hall–Kier alpha value is -4.40. The molecule has 3 N–H and O–H groups in total. The van der Waals surface area contributed by atoms with E-state index >= 15 is 0 Å². The highest BCUT2D eigenvalue weighted by Crippen LogP contribution is 2.37. The van der Waals surface area contributed by atoms with Gasteiger partial charge in [0.2, 0.25) is 0 Å². The van der Waals surface area contributed by atoms with Crippen molar-refractivity contribution < 1.29 is 28.6 Å². The molecule has 0 spiro atoms. The molecule has 0 atom stereocenters. The van der Waals surface area contributed by atoms with E-state index in [9.17, 15) is 23.5 Å². The van der Waals surface area contributed by atoms with Gasteiger partial charge in [-0.25, -0.2) is 13.8 Å². The first-order valence-electron chi connectivity index (χ1n) is 9.38. The van der Waals surface area contributed by atoms with Crippen LogP contribution in [0.4, 0.5) is 8.78 Å². The van der Waals surface area contributed by atoms with Gasteiger partial charge < -0.3 is 15.5 Å². The molecule has 0 aliphatic carbocycles. The first-order valence-corrected chi connectivity index (χ1v) is 9.38. The Bertz CT molecular complexity index is 1370. The molecule has 0 unspecified atom stereocenters. The monoisotopic (exact) mass is 435 g/mol. The SMILES string of the molecule is O=C(O)CNC(=O)c1c(O)c(-c2cccc(F)c2)cc2ncc(-c3cccc(F)c3)nc12. The van der Waals surface area contributed by atoms with E-state index in [1.165, 1.54) is 54.7 Å². The highest BCUT2D eigenvalue weighted by molar-refractivity contribution is 6.10. The minimum atomic E-state index is -1.28. The Morgan fingerprint density at radius 3 is 2.28 bits per heavy atom. The summed E-state index contributed by atoms with van der Waals surface area (Å²) in [6.45, 7) is -0.693. The quantitative estimate of drug-likeness (QED) is 0.440. The van der Waals surface area contributed by atoms with E-state index in [0.29, 0.717) is 5.56 Å². The number of halogens is 2. The summed E-state index contributed by atoms with van der Waals surface area (Å²) >= 11 is 0. The van der Waals surface area contributed by atoms with Gasteiger partial charge in [-0.05, 0) is 35.9 Å². The lowest BCUT2D eigenvalue weighted by molar-refractivity contribution is -0.135. The van der Waals surface area contributed by atoms with Crippen LogP contribution in [0, 0.1) is 11.6 Å². The predicted molar refractivity (Wildman–Crippen MR) is 112 cm³/mol. The Morgan fingerprint density at radius 2 is 1.62 bits per heavy atom. The van der Waals surface area contributed by atoms with E-state index < -0.39 is 35.8 Å². The molecule has 0 saturated heterocycles. The van der Waals surface area contributed by atoms with Gasteiger partial charge in [-0.1, -0.05) is 24.3 Å². The van der Waals surface area contributed by atoms with Gasteiger partial charge in [0.05, 0.1) is 17.4 Å². The molecule has 1 amide bonds. The second kappa shape index (κ2) is 8.38. The van der Waals surface area contributed by atoms with Crippen molar-refractivity contribution >= 4 is 22.9 Å². The number of amides is 1. The van der Waals surface area contributed by atoms with Gasteiger partial charge >= 0.3 is 5.97 Å². The maximum absolute atomic E-state index is 13.8. The fraction of sp³-hybridized carbons (Fsp3) is 0.0435. The number of rotatable bonds is 5. The zero-order valence-electron chi connectivity index (χ0n) is 16.3. The molecule has 0 saturated carbocycles. The van der Waals surface area contributed by atoms with Crippen molar-refractivity contribution in [1.29, 1.82) is 0 Å². The molecule has 0 aliphatic rings. The van der Waals surface area contributed by atoms with E-state index in [-0.39, 0.29) is 33.4 Å². The summed E-state index contributed by atoms with van der Waals surface area (Å²) < 4.78 is 27.4. The van der Waals surface area contributed by atoms with Crippen molar-refractivity contribution in [3.63, 3.8) is 0 Å². The Kier molecular flexibility index (Phi) is 5.46. The number of nitrogens with one attached hydrogen (secondary N) is 1. The van der Waals surface area contributed by atoms with E-state index in [2.05, 4.69) is 15.3 Å². The summed E-state index contributed by atoms with van der Waals surface area (Å²) in [6.07, 6.45) is 1.38. The van der Waals surface area contributed by atoms with Crippen LogP contribution in [0.2, 0.25) is 0 Å². The van der Waals surface area contributed by atoms with Crippen LogP contribution >= 0.6 is 0 Å². The van der Waals surface area contributed by atoms with Crippen molar-refractivity contribution in [2.24, 2.45) is 0 Å². The first kappa shape index (κ1) is 20.9. The van der Waals surface area contributed by atoms with Gasteiger partial charge in [0, 0.05) is 11.1 Å². The first-order chi connectivity index (χ1) is 15.3. The molecule has 9 heteroatoms. The fourth-order valence-corrected chi connectivity index (χ4v) is 3.26. The molecular weight excluding hydrogens is 420 g/mol. The van der Waals surface area contributed by atoms with Crippen molar-refractivity contribution in [3.05, 3.63) is 78.0 Å². The zero-order chi connectivity index (χ0) is 22.8. The highest BCUT2D eigenvalue weighted by atomic mass is 19.1. The Morgan fingerprint density at radius 1 is 0.969 bits per heavy atom. The van der Waals surface area contributed by atoms with Crippen molar-refractivity contribution in [3.8, 4) is 28.1 Å². The van der Waals surface area contributed by atoms with Crippen LogP contribution in [0.1, 0.15) is 10.4 Å². The number of fused-ring (bicyclic) bond motifs is 1. The molecule has 4 rings (SSSR count). The number of aromatic nitrogens is 2. The molecule has 3 aromatic carbocycles. The third-order valence-corrected chi connectivity index (χ3v) is 4.69. The molecule has 0 radical (unpaired) electrons. The van der Waals surface area contributed by atoms with Crippen LogP contribution < -0.4 is 5.32 Å². The summed E-state index contributed by atoms with van der Waals surface area (Å²) in [5, 5.41) is 22.0. The number of carbonyl (C=O) groups is 2. The third-order valence-electron chi connectivity index (χ3n) is 4.69. The number of carbonyl (C=O) groups excluding carboxylic acids is 1. The fourth-order valence-electron chi connectivity index (χ4n) is 3.26. The normalized spacial score (nSPS) is 10.8. The minimum Gasteiger partial charge on any atom is -0.506 e. The topological polar surface area (TPSA) is 112 Å².